The van der Waals surface area contributed by atoms with Gasteiger partial charge in [-0.25, -0.2) is 0 Å². The number of rotatable bonds is 1. The van der Waals surface area contributed by atoms with Crippen LogP contribution in [0, 0.1) is 13.8 Å². The number of aromatic nitrogens is 1. The summed E-state index contributed by atoms with van der Waals surface area (Å²) in [4.78, 5) is 15.4. The van der Waals surface area contributed by atoms with E-state index >= 15 is 0 Å². The van der Waals surface area contributed by atoms with E-state index in [1.54, 1.807) is 12.1 Å². The van der Waals surface area contributed by atoms with Gasteiger partial charge in [0, 0.05) is 16.6 Å². The minimum atomic E-state index is -0.420. The molecular weight excluding hydrogens is 188 g/mol. The van der Waals surface area contributed by atoms with Crippen molar-refractivity contribution in [2.75, 3.05) is 0 Å². The van der Waals surface area contributed by atoms with E-state index < -0.39 is 5.91 Å². The fraction of sp³-hybridized carbons (Fsp3) is 0.167. The van der Waals surface area contributed by atoms with Crippen molar-refractivity contribution >= 4 is 16.8 Å². The van der Waals surface area contributed by atoms with Crippen LogP contribution in [0.1, 0.15) is 21.6 Å². The first-order chi connectivity index (χ1) is 7.08. The van der Waals surface area contributed by atoms with Crippen LogP contribution < -0.4 is 5.73 Å². The maximum atomic E-state index is 11.0. The standard InChI is InChI=1S/C12H12N2O/c1-7-5-9-3-4-10(12(13)15)6-11(9)14-8(7)2/h3-6H,1-2H3,(H2,13,15). The monoisotopic (exact) mass is 200 g/mol. The average molecular weight is 200 g/mol. The predicted octanol–water partition coefficient (Wildman–Crippen LogP) is 1.95. The molecule has 0 bridgehead atoms. The van der Waals surface area contributed by atoms with Gasteiger partial charge in [-0.05, 0) is 37.6 Å². The van der Waals surface area contributed by atoms with Crippen molar-refractivity contribution in [2.45, 2.75) is 13.8 Å². The summed E-state index contributed by atoms with van der Waals surface area (Å²) in [5, 5.41) is 1.03. The first-order valence-electron chi connectivity index (χ1n) is 4.76. The lowest BCUT2D eigenvalue weighted by molar-refractivity contribution is 0.100. The van der Waals surface area contributed by atoms with Crippen molar-refractivity contribution in [1.82, 2.24) is 4.98 Å². The Labute approximate surface area is 87.9 Å². The molecule has 3 nitrogen and oxygen atoms in total. The summed E-state index contributed by atoms with van der Waals surface area (Å²) in [5.74, 6) is -0.420. The fourth-order valence-electron chi connectivity index (χ4n) is 1.52. The van der Waals surface area contributed by atoms with Crippen molar-refractivity contribution in [3.8, 4) is 0 Å². The number of carbonyl (C=O) groups is 1. The smallest absolute Gasteiger partial charge is 0.248 e. The number of carbonyl (C=O) groups excluding carboxylic acids is 1. The van der Waals surface area contributed by atoms with Crippen LogP contribution in [0.2, 0.25) is 0 Å². The molecule has 1 aromatic heterocycles. The summed E-state index contributed by atoms with van der Waals surface area (Å²) < 4.78 is 0. The number of pyridine rings is 1. The lowest BCUT2D eigenvalue weighted by atomic mass is 10.1. The average Bonchev–Trinajstić information content (AvgIpc) is 2.19. The Bertz CT molecular complexity index is 547. The normalized spacial score (nSPS) is 10.5. The Morgan fingerprint density at radius 1 is 1.27 bits per heavy atom. The van der Waals surface area contributed by atoms with E-state index in [0.29, 0.717) is 5.56 Å². The minimum Gasteiger partial charge on any atom is -0.366 e. The first kappa shape index (κ1) is 9.65. The fourth-order valence-corrected chi connectivity index (χ4v) is 1.52. The highest BCUT2D eigenvalue weighted by atomic mass is 16.1. The van der Waals surface area contributed by atoms with E-state index in [0.717, 1.165) is 22.2 Å². The SMILES string of the molecule is Cc1cc2ccc(C(N)=O)cc2nc1C. The number of nitrogens with zero attached hydrogens (tertiary/aromatic N) is 1. The van der Waals surface area contributed by atoms with Crippen molar-refractivity contribution in [1.29, 1.82) is 0 Å². The minimum absolute atomic E-state index is 0.420. The zero-order valence-corrected chi connectivity index (χ0v) is 8.74. The van der Waals surface area contributed by atoms with Crippen LogP contribution in [0.25, 0.3) is 10.9 Å². The van der Waals surface area contributed by atoms with Gasteiger partial charge in [-0.3, -0.25) is 9.78 Å². The van der Waals surface area contributed by atoms with Gasteiger partial charge in [0.2, 0.25) is 5.91 Å². The van der Waals surface area contributed by atoms with E-state index in [1.807, 2.05) is 19.9 Å². The molecule has 0 saturated heterocycles. The number of primary amides is 1. The summed E-state index contributed by atoms with van der Waals surface area (Å²) >= 11 is 0. The summed E-state index contributed by atoms with van der Waals surface area (Å²) in [7, 11) is 0. The van der Waals surface area contributed by atoms with E-state index in [1.165, 1.54) is 0 Å². The molecule has 0 unspecified atom stereocenters. The van der Waals surface area contributed by atoms with Crippen LogP contribution in [0.3, 0.4) is 0 Å². The van der Waals surface area contributed by atoms with Gasteiger partial charge >= 0.3 is 0 Å². The van der Waals surface area contributed by atoms with Gasteiger partial charge in [-0.15, -0.1) is 0 Å². The van der Waals surface area contributed by atoms with Gasteiger partial charge in [0.1, 0.15) is 0 Å². The predicted molar refractivity (Wildman–Crippen MR) is 59.7 cm³/mol. The third kappa shape index (κ3) is 1.68. The second-order valence-electron chi connectivity index (χ2n) is 3.66. The maximum absolute atomic E-state index is 11.0. The van der Waals surface area contributed by atoms with E-state index in [2.05, 4.69) is 11.1 Å². The van der Waals surface area contributed by atoms with E-state index in [9.17, 15) is 4.79 Å². The molecule has 0 aliphatic heterocycles. The molecule has 0 spiro atoms. The van der Waals surface area contributed by atoms with Crippen LogP contribution in [0.15, 0.2) is 24.3 Å². The largest absolute Gasteiger partial charge is 0.366 e. The van der Waals surface area contributed by atoms with Crippen molar-refractivity contribution in [2.24, 2.45) is 5.73 Å². The van der Waals surface area contributed by atoms with Crippen LogP contribution in [0.4, 0.5) is 0 Å². The number of nitrogens with two attached hydrogens (primary N) is 1. The molecule has 0 fully saturated rings. The van der Waals surface area contributed by atoms with Crippen LogP contribution in [-0.4, -0.2) is 10.9 Å². The van der Waals surface area contributed by atoms with Crippen molar-refractivity contribution in [3.63, 3.8) is 0 Å². The van der Waals surface area contributed by atoms with Gasteiger partial charge in [-0.2, -0.15) is 0 Å². The lowest BCUT2D eigenvalue weighted by Crippen LogP contribution is -2.10. The highest BCUT2D eigenvalue weighted by Crippen LogP contribution is 2.17. The molecule has 2 rings (SSSR count). The highest BCUT2D eigenvalue weighted by Gasteiger charge is 2.04. The Balaban J connectivity index is 2.72. The Morgan fingerprint density at radius 3 is 2.67 bits per heavy atom. The molecule has 1 aromatic carbocycles. The van der Waals surface area contributed by atoms with Gasteiger partial charge < -0.3 is 5.73 Å². The first-order valence-corrected chi connectivity index (χ1v) is 4.76. The second-order valence-corrected chi connectivity index (χ2v) is 3.66. The zero-order chi connectivity index (χ0) is 11.0. The lowest BCUT2D eigenvalue weighted by Gasteiger charge is -2.04. The topological polar surface area (TPSA) is 56.0 Å². The molecule has 76 valence electrons. The zero-order valence-electron chi connectivity index (χ0n) is 8.74. The molecular formula is C12H12N2O. The maximum Gasteiger partial charge on any atom is 0.248 e. The van der Waals surface area contributed by atoms with Gasteiger partial charge in [0.25, 0.3) is 0 Å². The molecule has 0 atom stereocenters. The van der Waals surface area contributed by atoms with Gasteiger partial charge in [0.15, 0.2) is 0 Å². The third-order valence-electron chi connectivity index (χ3n) is 2.55. The van der Waals surface area contributed by atoms with Crippen LogP contribution >= 0.6 is 0 Å². The molecule has 15 heavy (non-hydrogen) atoms. The molecule has 0 aliphatic carbocycles. The van der Waals surface area contributed by atoms with Crippen LogP contribution in [-0.2, 0) is 0 Å². The number of benzene rings is 1. The van der Waals surface area contributed by atoms with E-state index in [-0.39, 0.29) is 0 Å². The summed E-state index contributed by atoms with van der Waals surface area (Å²) in [6.07, 6.45) is 0. The summed E-state index contributed by atoms with van der Waals surface area (Å²) in [5.41, 5.74) is 8.64. The van der Waals surface area contributed by atoms with E-state index in [4.69, 9.17) is 5.73 Å². The Morgan fingerprint density at radius 2 is 2.00 bits per heavy atom. The Hall–Kier alpha value is -1.90. The molecule has 0 aliphatic rings. The van der Waals surface area contributed by atoms with Gasteiger partial charge in [-0.1, -0.05) is 6.07 Å². The Kier molecular flexibility index (Phi) is 2.15. The van der Waals surface area contributed by atoms with Crippen molar-refractivity contribution < 1.29 is 4.79 Å². The number of hydrogen-bond donors (Lipinski definition) is 1. The number of fused-ring (bicyclic) bond motifs is 1. The molecule has 3 heteroatoms. The quantitative estimate of drug-likeness (QED) is 0.764. The molecule has 1 heterocycles. The molecule has 0 saturated carbocycles. The molecule has 0 radical (unpaired) electrons. The summed E-state index contributed by atoms with van der Waals surface area (Å²) in [6.45, 7) is 3.97. The number of hydrogen-bond acceptors (Lipinski definition) is 2. The van der Waals surface area contributed by atoms with Crippen LogP contribution in [0.5, 0.6) is 0 Å². The molecule has 2 aromatic rings. The van der Waals surface area contributed by atoms with Gasteiger partial charge in [0.05, 0.1) is 5.52 Å². The second kappa shape index (κ2) is 3.35. The number of amides is 1. The molecule has 2 N–H and O–H groups in total. The summed E-state index contributed by atoms with van der Waals surface area (Å²) in [6, 6.07) is 7.38. The van der Waals surface area contributed by atoms with Crippen molar-refractivity contribution in [3.05, 3.63) is 41.1 Å². The number of aryl methyl sites for hydroxylation is 2. The third-order valence-corrected chi connectivity index (χ3v) is 2.55. The molecule has 1 amide bonds. The highest BCUT2D eigenvalue weighted by molar-refractivity contribution is 5.96.